The summed E-state index contributed by atoms with van der Waals surface area (Å²) in [6.45, 7) is 0. The molecule has 0 aliphatic carbocycles. The van der Waals surface area contributed by atoms with Crippen LogP contribution >= 0.6 is 23.2 Å². The number of ether oxygens (including phenoxy) is 2. The minimum absolute atomic E-state index is 0.0238. The maximum Gasteiger partial charge on any atom is 0.261 e. The van der Waals surface area contributed by atoms with Crippen LogP contribution in [0.25, 0.3) is 0 Å². The van der Waals surface area contributed by atoms with Crippen LogP contribution < -0.4 is 19.5 Å². The van der Waals surface area contributed by atoms with E-state index in [0.717, 1.165) is 24.3 Å². The predicted molar refractivity (Wildman–Crippen MR) is 121 cm³/mol. The summed E-state index contributed by atoms with van der Waals surface area (Å²) in [6.07, 6.45) is 0. The number of carbonyl (C=O) groups is 1. The Labute approximate surface area is 194 Å². The van der Waals surface area contributed by atoms with Crippen molar-refractivity contribution in [3.8, 4) is 11.5 Å². The van der Waals surface area contributed by atoms with Gasteiger partial charge >= 0.3 is 0 Å². The van der Waals surface area contributed by atoms with E-state index < -0.39 is 21.7 Å². The standard InChI is InChI=1S/C21H17Cl2FN2O5S/c1-30-19-11-18(20(31-2)10-16(19)23)25-21(27)12-3-8-15(22)17(9-12)26-32(28,29)14-6-4-13(24)5-7-14/h3-11,26H,1-2H3,(H,25,27). The number of carbonyl (C=O) groups excluding carboxylic acids is 1. The highest BCUT2D eigenvalue weighted by Gasteiger charge is 2.19. The number of nitrogens with one attached hydrogen (secondary N) is 2. The number of methoxy groups -OCH3 is 2. The van der Waals surface area contributed by atoms with Crippen molar-refractivity contribution in [3.05, 3.63) is 76.0 Å². The molecule has 0 heterocycles. The highest BCUT2D eigenvalue weighted by Crippen LogP contribution is 2.36. The largest absolute Gasteiger partial charge is 0.495 e. The first-order valence-corrected chi connectivity index (χ1v) is 11.2. The van der Waals surface area contributed by atoms with Gasteiger partial charge in [-0.3, -0.25) is 9.52 Å². The Morgan fingerprint density at radius 2 is 1.53 bits per heavy atom. The highest BCUT2D eigenvalue weighted by molar-refractivity contribution is 7.92. The molecule has 0 fully saturated rings. The van der Waals surface area contributed by atoms with E-state index in [1.807, 2.05) is 0 Å². The zero-order valence-electron chi connectivity index (χ0n) is 16.8. The number of benzene rings is 3. The molecule has 168 valence electrons. The molecule has 32 heavy (non-hydrogen) atoms. The van der Waals surface area contributed by atoms with E-state index in [1.54, 1.807) is 0 Å². The summed E-state index contributed by atoms with van der Waals surface area (Å²) in [5, 5.41) is 3.03. The summed E-state index contributed by atoms with van der Waals surface area (Å²) in [7, 11) is -1.22. The molecule has 0 bridgehead atoms. The Bertz CT molecular complexity index is 1270. The summed E-state index contributed by atoms with van der Waals surface area (Å²) < 4.78 is 51.0. The number of amides is 1. The van der Waals surface area contributed by atoms with E-state index in [0.29, 0.717) is 22.2 Å². The maximum atomic E-state index is 13.1. The van der Waals surface area contributed by atoms with Crippen LogP contribution in [-0.4, -0.2) is 28.5 Å². The van der Waals surface area contributed by atoms with Crippen molar-refractivity contribution < 1.29 is 27.1 Å². The van der Waals surface area contributed by atoms with Crippen molar-refractivity contribution in [2.24, 2.45) is 0 Å². The third kappa shape index (κ3) is 5.24. The van der Waals surface area contributed by atoms with E-state index in [4.69, 9.17) is 32.7 Å². The average molecular weight is 499 g/mol. The minimum Gasteiger partial charge on any atom is -0.495 e. The number of hydrogen-bond donors (Lipinski definition) is 2. The van der Waals surface area contributed by atoms with Crippen LogP contribution in [0.1, 0.15) is 10.4 Å². The van der Waals surface area contributed by atoms with Gasteiger partial charge < -0.3 is 14.8 Å². The molecule has 0 saturated heterocycles. The molecule has 0 aliphatic rings. The van der Waals surface area contributed by atoms with Crippen molar-refractivity contribution in [2.75, 3.05) is 24.3 Å². The molecule has 11 heteroatoms. The van der Waals surface area contributed by atoms with Crippen LogP contribution in [0, 0.1) is 5.82 Å². The van der Waals surface area contributed by atoms with E-state index in [9.17, 15) is 17.6 Å². The molecular formula is C21H17Cl2FN2O5S. The van der Waals surface area contributed by atoms with Crippen molar-refractivity contribution in [1.29, 1.82) is 0 Å². The number of anilines is 2. The van der Waals surface area contributed by atoms with Gasteiger partial charge in [-0.1, -0.05) is 23.2 Å². The first-order chi connectivity index (χ1) is 15.1. The first-order valence-electron chi connectivity index (χ1n) is 8.95. The monoisotopic (exact) mass is 498 g/mol. The topological polar surface area (TPSA) is 93.7 Å². The SMILES string of the molecule is COc1cc(NC(=O)c2ccc(Cl)c(NS(=O)(=O)c3ccc(F)cc3)c2)c(OC)cc1Cl. The molecule has 0 atom stereocenters. The van der Waals surface area contributed by atoms with Crippen LogP contribution in [0.15, 0.2) is 59.5 Å². The average Bonchev–Trinajstić information content (AvgIpc) is 2.76. The third-order valence-corrected chi connectivity index (χ3v) is 6.33. The summed E-state index contributed by atoms with van der Waals surface area (Å²) >= 11 is 12.2. The van der Waals surface area contributed by atoms with Crippen LogP contribution in [0.5, 0.6) is 11.5 Å². The zero-order valence-corrected chi connectivity index (χ0v) is 19.1. The Kier molecular flexibility index (Phi) is 7.12. The van der Waals surface area contributed by atoms with Gasteiger partial charge in [-0.05, 0) is 42.5 Å². The lowest BCUT2D eigenvalue weighted by molar-refractivity contribution is 0.102. The molecule has 0 aromatic heterocycles. The second-order valence-corrected chi connectivity index (χ2v) is 8.89. The molecule has 3 aromatic carbocycles. The lowest BCUT2D eigenvalue weighted by Gasteiger charge is -2.14. The van der Waals surface area contributed by atoms with Gasteiger partial charge in [0.05, 0.1) is 40.5 Å². The third-order valence-electron chi connectivity index (χ3n) is 4.32. The molecule has 0 unspecified atom stereocenters. The lowest BCUT2D eigenvalue weighted by atomic mass is 10.2. The summed E-state index contributed by atoms with van der Waals surface area (Å²) in [6, 6.07) is 11.3. The number of halogens is 3. The van der Waals surface area contributed by atoms with Gasteiger partial charge in [0.15, 0.2) is 0 Å². The van der Waals surface area contributed by atoms with Gasteiger partial charge in [0.2, 0.25) is 0 Å². The fraction of sp³-hybridized carbons (Fsp3) is 0.0952. The van der Waals surface area contributed by atoms with Crippen molar-refractivity contribution in [2.45, 2.75) is 4.90 Å². The summed E-state index contributed by atoms with van der Waals surface area (Å²) in [5.74, 6) is -0.511. The molecule has 0 saturated carbocycles. The Morgan fingerprint density at radius 3 is 2.16 bits per heavy atom. The van der Waals surface area contributed by atoms with Gasteiger partial charge in [0.25, 0.3) is 15.9 Å². The van der Waals surface area contributed by atoms with E-state index >= 15 is 0 Å². The normalized spacial score (nSPS) is 11.0. The van der Waals surface area contributed by atoms with E-state index in [2.05, 4.69) is 10.0 Å². The molecule has 0 spiro atoms. The Balaban J connectivity index is 1.88. The number of sulfonamides is 1. The summed E-state index contributed by atoms with van der Waals surface area (Å²) in [5.41, 5.74) is 0.383. The summed E-state index contributed by atoms with van der Waals surface area (Å²) in [4.78, 5) is 12.6. The number of rotatable bonds is 7. The van der Waals surface area contributed by atoms with Crippen LogP contribution in [0.3, 0.4) is 0 Å². The molecule has 3 rings (SSSR count). The van der Waals surface area contributed by atoms with Crippen LogP contribution in [0.4, 0.5) is 15.8 Å². The second-order valence-electron chi connectivity index (χ2n) is 6.40. The van der Waals surface area contributed by atoms with Gasteiger partial charge in [-0.15, -0.1) is 0 Å². The van der Waals surface area contributed by atoms with Crippen molar-refractivity contribution >= 4 is 50.5 Å². The zero-order chi connectivity index (χ0) is 23.5. The molecule has 0 aliphatic heterocycles. The van der Waals surface area contributed by atoms with Crippen molar-refractivity contribution in [3.63, 3.8) is 0 Å². The minimum atomic E-state index is -4.06. The van der Waals surface area contributed by atoms with Gasteiger partial charge in [0, 0.05) is 17.7 Å². The maximum absolute atomic E-state index is 13.1. The highest BCUT2D eigenvalue weighted by atomic mass is 35.5. The molecular weight excluding hydrogens is 482 g/mol. The fourth-order valence-corrected chi connectivity index (χ4v) is 4.24. The van der Waals surface area contributed by atoms with Crippen molar-refractivity contribution in [1.82, 2.24) is 0 Å². The van der Waals surface area contributed by atoms with Gasteiger partial charge in [-0.2, -0.15) is 0 Å². The predicted octanol–water partition coefficient (Wildman–Crippen LogP) is 5.20. The lowest BCUT2D eigenvalue weighted by Crippen LogP contribution is -2.16. The van der Waals surface area contributed by atoms with E-state index in [-0.39, 0.29) is 21.2 Å². The Morgan fingerprint density at radius 1 is 0.875 bits per heavy atom. The molecule has 1 amide bonds. The van der Waals surface area contributed by atoms with Gasteiger partial charge in [0.1, 0.15) is 17.3 Å². The van der Waals surface area contributed by atoms with Crippen LogP contribution in [-0.2, 0) is 10.0 Å². The molecule has 3 aromatic rings. The number of hydrogen-bond acceptors (Lipinski definition) is 5. The Hall–Kier alpha value is -3.01. The quantitative estimate of drug-likeness (QED) is 0.466. The van der Waals surface area contributed by atoms with Gasteiger partial charge in [-0.25, -0.2) is 12.8 Å². The molecule has 7 nitrogen and oxygen atoms in total. The molecule has 0 radical (unpaired) electrons. The molecule has 2 N–H and O–H groups in total. The van der Waals surface area contributed by atoms with Crippen LogP contribution in [0.2, 0.25) is 10.0 Å². The fourth-order valence-electron chi connectivity index (χ4n) is 2.71. The van der Waals surface area contributed by atoms with E-state index in [1.165, 1.54) is 44.6 Å². The second kappa shape index (κ2) is 9.64. The smallest absolute Gasteiger partial charge is 0.261 e. The first kappa shape index (κ1) is 23.6.